The summed E-state index contributed by atoms with van der Waals surface area (Å²) in [5.41, 5.74) is 0. The van der Waals surface area contributed by atoms with E-state index in [0.29, 0.717) is 18.1 Å². The molecular weight excluding hydrogens is 330 g/mol. The molecule has 5 nitrogen and oxygen atoms in total. The minimum absolute atomic E-state index is 0.191. The molecule has 1 aromatic heterocycles. The van der Waals surface area contributed by atoms with E-state index >= 15 is 0 Å². The zero-order valence-electron chi connectivity index (χ0n) is 13.4. The smallest absolute Gasteiger partial charge is 0.193 e. The summed E-state index contributed by atoms with van der Waals surface area (Å²) in [6.07, 6.45) is 4.18. The normalized spacial score (nSPS) is 24.3. The average Bonchev–Trinajstić information content (AvgIpc) is 3.24. The minimum Gasteiger partial charge on any atom is -0.356 e. The summed E-state index contributed by atoms with van der Waals surface area (Å²) >= 11 is 1.78. The molecule has 1 atom stereocenters. The van der Waals surface area contributed by atoms with Crippen LogP contribution in [-0.2, 0) is 16.3 Å². The van der Waals surface area contributed by atoms with E-state index in [0.717, 1.165) is 38.4 Å². The van der Waals surface area contributed by atoms with Crippen molar-refractivity contribution in [2.75, 3.05) is 37.7 Å². The molecule has 1 unspecified atom stereocenters. The monoisotopic (exact) mass is 355 g/mol. The molecule has 3 heterocycles. The Morgan fingerprint density at radius 3 is 2.87 bits per heavy atom. The third-order valence-corrected chi connectivity index (χ3v) is 7.24. The fraction of sp³-hybridized carbons (Fsp3) is 0.688. The van der Waals surface area contributed by atoms with Crippen molar-refractivity contribution < 1.29 is 8.42 Å². The topological polar surface area (TPSA) is 61.8 Å². The molecule has 0 aromatic carbocycles. The van der Waals surface area contributed by atoms with Crippen molar-refractivity contribution in [2.24, 2.45) is 10.9 Å². The Morgan fingerprint density at radius 2 is 2.22 bits per heavy atom. The zero-order valence-corrected chi connectivity index (χ0v) is 15.0. The van der Waals surface area contributed by atoms with Gasteiger partial charge in [-0.15, -0.1) is 11.3 Å². The number of hydrogen-bond donors (Lipinski definition) is 1. The van der Waals surface area contributed by atoms with Gasteiger partial charge in [0.25, 0.3) is 0 Å². The second-order valence-corrected chi connectivity index (χ2v) is 9.64. The van der Waals surface area contributed by atoms with Crippen LogP contribution in [0.25, 0.3) is 0 Å². The maximum atomic E-state index is 11.6. The van der Waals surface area contributed by atoms with Crippen molar-refractivity contribution >= 4 is 27.1 Å². The quantitative estimate of drug-likeness (QED) is 0.646. The average molecular weight is 356 g/mol. The minimum atomic E-state index is -2.81. The number of sulfone groups is 1. The van der Waals surface area contributed by atoms with Crippen LogP contribution in [0.4, 0.5) is 0 Å². The van der Waals surface area contributed by atoms with Crippen LogP contribution >= 0.6 is 11.3 Å². The molecule has 1 aromatic rings. The summed E-state index contributed by atoms with van der Waals surface area (Å²) in [6, 6.07) is 4.23. The third kappa shape index (κ3) is 4.94. The summed E-state index contributed by atoms with van der Waals surface area (Å²) in [7, 11) is -2.81. The van der Waals surface area contributed by atoms with Gasteiger partial charge in [-0.3, -0.25) is 4.99 Å². The Bertz CT molecular complexity index is 620. The molecule has 2 aliphatic heterocycles. The van der Waals surface area contributed by atoms with Crippen molar-refractivity contribution in [1.29, 1.82) is 0 Å². The van der Waals surface area contributed by atoms with Crippen LogP contribution in [0.3, 0.4) is 0 Å². The van der Waals surface area contributed by atoms with E-state index < -0.39 is 9.84 Å². The van der Waals surface area contributed by atoms with Crippen molar-refractivity contribution in [3.63, 3.8) is 0 Å². The van der Waals surface area contributed by atoms with Gasteiger partial charge in [-0.25, -0.2) is 8.42 Å². The lowest BCUT2D eigenvalue weighted by atomic mass is 10.1. The van der Waals surface area contributed by atoms with Gasteiger partial charge in [0.15, 0.2) is 15.8 Å². The molecular formula is C16H25N3O2S2. The molecule has 0 amide bonds. The molecule has 3 rings (SSSR count). The summed E-state index contributed by atoms with van der Waals surface area (Å²) in [5.74, 6) is 1.79. The Hall–Kier alpha value is -1.08. The van der Waals surface area contributed by atoms with E-state index in [9.17, 15) is 8.42 Å². The van der Waals surface area contributed by atoms with E-state index in [1.807, 2.05) is 0 Å². The lowest BCUT2D eigenvalue weighted by molar-refractivity contribution is 0.486. The highest BCUT2D eigenvalue weighted by atomic mass is 32.2. The summed E-state index contributed by atoms with van der Waals surface area (Å²) in [6.45, 7) is 3.59. The number of guanidine groups is 1. The summed E-state index contributed by atoms with van der Waals surface area (Å²) in [4.78, 5) is 8.42. The summed E-state index contributed by atoms with van der Waals surface area (Å²) < 4.78 is 23.1. The van der Waals surface area contributed by atoms with Gasteiger partial charge in [-0.1, -0.05) is 6.07 Å². The Morgan fingerprint density at radius 1 is 1.39 bits per heavy atom. The van der Waals surface area contributed by atoms with Crippen LogP contribution in [0.15, 0.2) is 22.5 Å². The Balaban J connectivity index is 1.55. The number of nitrogens with zero attached hydrogens (tertiary/aromatic N) is 2. The predicted molar refractivity (Wildman–Crippen MR) is 95.9 cm³/mol. The molecule has 0 bridgehead atoms. The van der Waals surface area contributed by atoms with E-state index in [1.54, 1.807) is 11.3 Å². The molecule has 2 saturated heterocycles. The molecule has 23 heavy (non-hydrogen) atoms. The fourth-order valence-corrected chi connectivity index (χ4v) is 5.74. The van der Waals surface area contributed by atoms with E-state index in [-0.39, 0.29) is 5.92 Å². The Kier molecular flexibility index (Phi) is 5.58. The van der Waals surface area contributed by atoms with Gasteiger partial charge in [0.1, 0.15) is 0 Å². The second kappa shape index (κ2) is 7.66. The number of hydrogen-bond acceptors (Lipinski definition) is 4. The molecule has 0 spiro atoms. The van der Waals surface area contributed by atoms with E-state index in [4.69, 9.17) is 4.99 Å². The first kappa shape index (κ1) is 16.8. The first-order chi connectivity index (χ1) is 11.1. The molecule has 2 aliphatic rings. The molecule has 0 radical (unpaired) electrons. The predicted octanol–water partition coefficient (Wildman–Crippen LogP) is 1.77. The van der Waals surface area contributed by atoms with Gasteiger partial charge < -0.3 is 10.2 Å². The van der Waals surface area contributed by atoms with Crippen molar-refractivity contribution in [2.45, 2.75) is 25.7 Å². The van der Waals surface area contributed by atoms with E-state index in [1.165, 1.54) is 17.7 Å². The van der Waals surface area contributed by atoms with Gasteiger partial charge in [0.2, 0.25) is 0 Å². The van der Waals surface area contributed by atoms with Crippen molar-refractivity contribution in [1.82, 2.24) is 10.2 Å². The Labute approximate surface area is 142 Å². The maximum absolute atomic E-state index is 11.6. The van der Waals surface area contributed by atoms with Gasteiger partial charge in [-0.05, 0) is 43.0 Å². The largest absolute Gasteiger partial charge is 0.356 e. The number of thiophene rings is 1. The third-order valence-electron chi connectivity index (χ3n) is 4.47. The van der Waals surface area contributed by atoms with Crippen LogP contribution in [0.2, 0.25) is 0 Å². The molecule has 128 valence electrons. The lowest BCUT2D eigenvalue weighted by Crippen LogP contribution is -2.41. The van der Waals surface area contributed by atoms with Crippen molar-refractivity contribution in [3.8, 4) is 0 Å². The molecule has 7 heteroatoms. The zero-order chi connectivity index (χ0) is 16.1. The first-order valence-corrected chi connectivity index (χ1v) is 11.1. The first-order valence-electron chi connectivity index (χ1n) is 8.38. The van der Waals surface area contributed by atoms with Crippen molar-refractivity contribution in [3.05, 3.63) is 22.4 Å². The summed E-state index contributed by atoms with van der Waals surface area (Å²) in [5, 5.41) is 5.58. The lowest BCUT2D eigenvalue weighted by Gasteiger charge is -2.22. The molecule has 1 N–H and O–H groups in total. The van der Waals surface area contributed by atoms with Crippen LogP contribution in [-0.4, -0.2) is 57.0 Å². The van der Waals surface area contributed by atoms with Crippen LogP contribution in [0.1, 0.15) is 24.1 Å². The van der Waals surface area contributed by atoms with Gasteiger partial charge in [-0.2, -0.15) is 0 Å². The second-order valence-electron chi connectivity index (χ2n) is 6.38. The fourth-order valence-electron chi connectivity index (χ4n) is 3.18. The van der Waals surface area contributed by atoms with Gasteiger partial charge in [0, 0.05) is 31.1 Å². The highest BCUT2D eigenvalue weighted by molar-refractivity contribution is 7.91. The van der Waals surface area contributed by atoms with E-state index in [2.05, 4.69) is 27.7 Å². The molecule has 0 aliphatic carbocycles. The highest BCUT2D eigenvalue weighted by Crippen LogP contribution is 2.19. The van der Waals surface area contributed by atoms with Gasteiger partial charge in [0.05, 0.1) is 11.5 Å². The molecule has 2 fully saturated rings. The highest BCUT2D eigenvalue weighted by Gasteiger charge is 2.28. The SMILES string of the molecule is O=S1(=O)CCC(CN=C(NCCc2cccs2)N2CCCC2)C1. The van der Waals surface area contributed by atoms with Crippen LogP contribution < -0.4 is 5.32 Å². The number of nitrogens with one attached hydrogen (secondary N) is 1. The number of rotatable bonds is 5. The van der Waals surface area contributed by atoms with Gasteiger partial charge >= 0.3 is 0 Å². The number of aliphatic imine (C=N–C) groups is 1. The van der Waals surface area contributed by atoms with Crippen LogP contribution in [0.5, 0.6) is 0 Å². The number of likely N-dealkylation sites (tertiary alicyclic amines) is 1. The van der Waals surface area contributed by atoms with Crippen LogP contribution in [0, 0.1) is 5.92 Å². The standard InChI is InChI=1S/C16H25N3O2S2/c20-23(21)11-6-14(13-23)12-18-16(19-8-1-2-9-19)17-7-5-15-4-3-10-22-15/h3-4,10,14H,1-2,5-9,11-13H2,(H,17,18). The molecule has 0 saturated carbocycles. The maximum Gasteiger partial charge on any atom is 0.193 e.